The summed E-state index contributed by atoms with van der Waals surface area (Å²) < 4.78 is 10.9. The van der Waals surface area contributed by atoms with Crippen LogP contribution in [0.5, 0.6) is 11.5 Å². The molecule has 2 rings (SSSR count). The van der Waals surface area contributed by atoms with Crippen molar-refractivity contribution in [2.24, 2.45) is 4.99 Å². The van der Waals surface area contributed by atoms with E-state index in [1.807, 2.05) is 49.4 Å². The minimum absolute atomic E-state index is 0. The SMILES string of the molecule is CCOc1cc(CNC(=NC)NCc2ccccc2Cl)ccc1OC.I. The Morgan fingerprint density at radius 1 is 1.08 bits per heavy atom. The van der Waals surface area contributed by atoms with Gasteiger partial charge in [-0.25, -0.2) is 0 Å². The second-order valence-corrected chi connectivity index (χ2v) is 5.70. The summed E-state index contributed by atoms with van der Waals surface area (Å²) in [7, 11) is 3.37. The molecule has 142 valence electrons. The molecule has 0 atom stereocenters. The monoisotopic (exact) mass is 489 g/mol. The Hall–Kier alpha value is -1.67. The van der Waals surface area contributed by atoms with Crippen molar-refractivity contribution in [1.29, 1.82) is 0 Å². The van der Waals surface area contributed by atoms with Crippen molar-refractivity contribution in [3.05, 3.63) is 58.6 Å². The maximum absolute atomic E-state index is 6.17. The molecule has 0 saturated carbocycles. The van der Waals surface area contributed by atoms with E-state index in [4.69, 9.17) is 21.1 Å². The molecule has 0 aromatic heterocycles. The Bertz CT molecular complexity index is 726. The van der Waals surface area contributed by atoms with Gasteiger partial charge in [-0.05, 0) is 36.2 Å². The number of methoxy groups -OCH3 is 1. The normalized spacial score (nSPS) is 10.7. The zero-order valence-corrected chi connectivity index (χ0v) is 18.3. The zero-order valence-electron chi connectivity index (χ0n) is 15.2. The number of hydrogen-bond donors (Lipinski definition) is 2. The number of halogens is 2. The molecule has 0 aliphatic rings. The minimum Gasteiger partial charge on any atom is -0.493 e. The van der Waals surface area contributed by atoms with Gasteiger partial charge in [-0.3, -0.25) is 4.99 Å². The molecule has 0 aliphatic carbocycles. The highest BCUT2D eigenvalue weighted by molar-refractivity contribution is 14.0. The van der Waals surface area contributed by atoms with Crippen LogP contribution in [-0.2, 0) is 13.1 Å². The first-order valence-corrected chi connectivity index (χ1v) is 8.53. The molecule has 2 N–H and O–H groups in total. The van der Waals surface area contributed by atoms with Crippen LogP contribution in [0, 0.1) is 0 Å². The van der Waals surface area contributed by atoms with Crippen LogP contribution >= 0.6 is 35.6 Å². The van der Waals surface area contributed by atoms with Crippen LogP contribution in [-0.4, -0.2) is 26.7 Å². The predicted octanol–water partition coefficient (Wildman–Crippen LogP) is 4.23. The van der Waals surface area contributed by atoms with Crippen molar-refractivity contribution in [2.45, 2.75) is 20.0 Å². The number of rotatable bonds is 7. The summed E-state index contributed by atoms with van der Waals surface area (Å²) in [5, 5.41) is 7.28. The number of ether oxygens (including phenoxy) is 2. The number of benzene rings is 2. The molecular weight excluding hydrogens is 465 g/mol. The van der Waals surface area contributed by atoms with Crippen molar-refractivity contribution in [3.63, 3.8) is 0 Å². The van der Waals surface area contributed by atoms with E-state index in [1.165, 1.54) is 0 Å². The topological polar surface area (TPSA) is 54.9 Å². The second-order valence-electron chi connectivity index (χ2n) is 5.29. The van der Waals surface area contributed by atoms with Gasteiger partial charge in [-0.1, -0.05) is 35.9 Å². The maximum Gasteiger partial charge on any atom is 0.191 e. The fourth-order valence-electron chi connectivity index (χ4n) is 2.33. The third-order valence-electron chi connectivity index (χ3n) is 3.62. The van der Waals surface area contributed by atoms with Gasteiger partial charge in [0.05, 0.1) is 13.7 Å². The molecule has 0 bridgehead atoms. The summed E-state index contributed by atoms with van der Waals surface area (Å²) in [5.74, 6) is 2.17. The third kappa shape index (κ3) is 6.57. The Morgan fingerprint density at radius 2 is 1.81 bits per heavy atom. The molecule has 0 radical (unpaired) electrons. The first-order chi connectivity index (χ1) is 12.2. The lowest BCUT2D eigenvalue weighted by Gasteiger charge is -2.14. The molecule has 0 fully saturated rings. The van der Waals surface area contributed by atoms with Gasteiger partial charge in [-0.15, -0.1) is 24.0 Å². The highest BCUT2D eigenvalue weighted by Gasteiger charge is 2.06. The molecule has 2 aromatic rings. The molecule has 0 heterocycles. The van der Waals surface area contributed by atoms with E-state index >= 15 is 0 Å². The Balaban J connectivity index is 0.00000338. The van der Waals surface area contributed by atoms with E-state index in [9.17, 15) is 0 Å². The summed E-state index contributed by atoms with van der Waals surface area (Å²) in [6, 6.07) is 13.6. The van der Waals surface area contributed by atoms with Crippen LogP contribution in [0.25, 0.3) is 0 Å². The first-order valence-electron chi connectivity index (χ1n) is 8.15. The minimum atomic E-state index is 0. The lowest BCUT2D eigenvalue weighted by Crippen LogP contribution is -2.36. The molecule has 5 nitrogen and oxygen atoms in total. The van der Waals surface area contributed by atoms with Crippen molar-refractivity contribution in [3.8, 4) is 11.5 Å². The lowest BCUT2D eigenvalue weighted by molar-refractivity contribution is 0.310. The maximum atomic E-state index is 6.17. The van der Waals surface area contributed by atoms with Gasteiger partial charge in [0.1, 0.15) is 0 Å². The van der Waals surface area contributed by atoms with Crippen molar-refractivity contribution in [1.82, 2.24) is 10.6 Å². The fourth-order valence-corrected chi connectivity index (χ4v) is 2.53. The van der Waals surface area contributed by atoms with Crippen LogP contribution in [0.3, 0.4) is 0 Å². The van der Waals surface area contributed by atoms with E-state index in [2.05, 4.69) is 15.6 Å². The van der Waals surface area contributed by atoms with Gasteiger partial charge in [0.2, 0.25) is 0 Å². The zero-order chi connectivity index (χ0) is 18.1. The summed E-state index contributed by atoms with van der Waals surface area (Å²) in [5.41, 5.74) is 2.10. The highest BCUT2D eigenvalue weighted by Crippen LogP contribution is 2.27. The summed E-state index contributed by atoms with van der Waals surface area (Å²) >= 11 is 6.17. The van der Waals surface area contributed by atoms with Gasteiger partial charge >= 0.3 is 0 Å². The van der Waals surface area contributed by atoms with Crippen LogP contribution in [0.4, 0.5) is 0 Å². The second kappa shape index (κ2) is 11.9. The van der Waals surface area contributed by atoms with E-state index < -0.39 is 0 Å². The van der Waals surface area contributed by atoms with E-state index in [1.54, 1.807) is 14.2 Å². The molecule has 0 amide bonds. The Kier molecular flexibility index (Phi) is 10.2. The summed E-state index contributed by atoms with van der Waals surface area (Å²) in [6.07, 6.45) is 0. The quantitative estimate of drug-likeness (QED) is 0.347. The highest BCUT2D eigenvalue weighted by atomic mass is 127. The predicted molar refractivity (Wildman–Crippen MR) is 118 cm³/mol. The summed E-state index contributed by atoms with van der Waals surface area (Å²) in [6.45, 7) is 3.76. The van der Waals surface area contributed by atoms with Gasteiger partial charge in [0.15, 0.2) is 17.5 Å². The van der Waals surface area contributed by atoms with Gasteiger partial charge < -0.3 is 20.1 Å². The largest absolute Gasteiger partial charge is 0.493 e. The lowest BCUT2D eigenvalue weighted by atomic mass is 10.2. The van der Waals surface area contributed by atoms with Crippen molar-refractivity contribution < 1.29 is 9.47 Å². The number of guanidine groups is 1. The number of aliphatic imine (C=N–C) groups is 1. The van der Waals surface area contributed by atoms with Crippen LogP contribution < -0.4 is 20.1 Å². The van der Waals surface area contributed by atoms with Crippen LogP contribution in [0.2, 0.25) is 5.02 Å². The Labute approximate surface area is 177 Å². The molecule has 2 aromatic carbocycles. The van der Waals surface area contributed by atoms with Crippen molar-refractivity contribution in [2.75, 3.05) is 20.8 Å². The Morgan fingerprint density at radius 3 is 2.46 bits per heavy atom. The average Bonchev–Trinajstić information content (AvgIpc) is 2.63. The molecule has 7 heteroatoms. The van der Waals surface area contributed by atoms with Gasteiger partial charge in [0.25, 0.3) is 0 Å². The molecule has 0 saturated heterocycles. The standard InChI is InChI=1S/C19H24ClN3O2.HI/c1-4-25-18-11-14(9-10-17(18)24-3)12-22-19(21-2)23-13-15-7-5-6-8-16(15)20;/h5-11H,4,12-13H2,1-3H3,(H2,21,22,23);1H. The molecule has 0 spiro atoms. The van der Waals surface area contributed by atoms with E-state index in [0.717, 1.165) is 27.6 Å². The molecule has 0 unspecified atom stereocenters. The number of nitrogens with one attached hydrogen (secondary N) is 2. The van der Waals surface area contributed by atoms with E-state index in [0.29, 0.717) is 25.7 Å². The first kappa shape index (κ1) is 22.4. The average molecular weight is 490 g/mol. The van der Waals surface area contributed by atoms with Crippen molar-refractivity contribution >= 4 is 41.5 Å². The van der Waals surface area contributed by atoms with Gasteiger partial charge in [0, 0.05) is 25.2 Å². The van der Waals surface area contributed by atoms with Crippen LogP contribution in [0.1, 0.15) is 18.1 Å². The van der Waals surface area contributed by atoms with Crippen LogP contribution in [0.15, 0.2) is 47.5 Å². The third-order valence-corrected chi connectivity index (χ3v) is 3.98. The number of hydrogen-bond acceptors (Lipinski definition) is 3. The number of nitrogens with zero attached hydrogens (tertiary/aromatic N) is 1. The summed E-state index contributed by atoms with van der Waals surface area (Å²) in [4.78, 5) is 4.24. The van der Waals surface area contributed by atoms with E-state index in [-0.39, 0.29) is 24.0 Å². The molecule has 0 aliphatic heterocycles. The van der Waals surface area contributed by atoms with Gasteiger partial charge in [-0.2, -0.15) is 0 Å². The fraction of sp³-hybridized carbons (Fsp3) is 0.316. The molecule has 26 heavy (non-hydrogen) atoms. The smallest absolute Gasteiger partial charge is 0.191 e. The molecular formula is C19H25ClIN3O2.